The first kappa shape index (κ1) is 32.7. The Morgan fingerprint density at radius 1 is 0.358 bits per heavy atom. The van der Waals surface area contributed by atoms with E-state index >= 15 is 0 Å². The molecule has 3 aliphatic rings. The summed E-state index contributed by atoms with van der Waals surface area (Å²) in [6, 6.07) is 71.7. The quantitative estimate of drug-likeness (QED) is 0.151. The molecule has 0 N–H and O–H groups in total. The van der Waals surface area contributed by atoms with Gasteiger partial charge < -0.3 is 0 Å². The second-order valence-electron chi connectivity index (χ2n) is 15.8. The van der Waals surface area contributed by atoms with Crippen LogP contribution >= 0.6 is 0 Å². The monoisotopic (exact) mass is 862 g/mol. The van der Waals surface area contributed by atoms with Gasteiger partial charge in [-0.05, 0) is 0 Å². The summed E-state index contributed by atoms with van der Waals surface area (Å²) in [7, 11) is -2.69. The predicted octanol–water partition coefficient (Wildman–Crippen LogP) is 13.0. The van der Waals surface area contributed by atoms with Crippen LogP contribution in [0, 0.1) is 0 Å². The fourth-order valence-corrected chi connectivity index (χ4v) is 32.6. The fraction of sp³-hybridized carbons (Fsp3) is 0.0980. The van der Waals surface area contributed by atoms with E-state index in [-0.39, 0.29) is 0 Å². The van der Waals surface area contributed by atoms with E-state index in [4.69, 9.17) is 0 Å². The number of allylic oxidation sites excluding steroid dienone is 2. The number of benzene rings is 7. The van der Waals surface area contributed by atoms with E-state index in [9.17, 15) is 0 Å². The van der Waals surface area contributed by atoms with E-state index in [1.807, 2.05) is 0 Å². The molecule has 10 rings (SSSR count). The molecular formula is C51H42HfSi. The van der Waals surface area contributed by atoms with Crippen LogP contribution in [0.3, 0.4) is 0 Å². The first-order valence-corrected chi connectivity index (χ1v) is 32.8. The number of hydrogen-bond acceptors (Lipinski definition) is 0. The van der Waals surface area contributed by atoms with Crippen molar-refractivity contribution in [2.75, 3.05) is 0 Å². The molecule has 4 bridgehead atoms. The zero-order chi connectivity index (χ0) is 35.7. The molecule has 0 saturated heterocycles. The van der Waals surface area contributed by atoms with Gasteiger partial charge in [0.1, 0.15) is 0 Å². The van der Waals surface area contributed by atoms with Gasteiger partial charge in [0.15, 0.2) is 0 Å². The molecule has 7 aromatic rings. The Balaban J connectivity index is 1.31. The van der Waals surface area contributed by atoms with Gasteiger partial charge in [-0.1, -0.05) is 0 Å². The number of rotatable bonds is 5. The van der Waals surface area contributed by atoms with Gasteiger partial charge in [0.2, 0.25) is 0 Å². The second kappa shape index (κ2) is 12.6. The number of hydrogen-bond donors (Lipinski definition) is 0. The molecule has 2 atom stereocenters. The standard InChI is InChI=1S/C49H36Si.2CH3.Hf/c1-50(43-21-9-4-10-22-43,48-44-23-13-11-19-41(44)33-46(48)39-29-25-37(26-30-39)35-15-5-2-6-16-35)49-45-24-14-12-20-42(45)34-47(49)40-31-27-38(28-32-40)36-17-7-3-8-18-36;;;/h2-34H,1H3;2*1H3;. The third kappa shape index (κ3) is 4.95. The van der Waals surface area contributed by atoms with Crippen LogP contribution in [0.25, 0.3) is 43.8 Å². The summed E-state index contributed by atoms with van der Waals surface area (Å²) in [6.45, 7) is 2.69. The molecule has 2 heteroatoms. The molecule has 0 aromatic heterocycles. The molecule has 2 aliphatic carbocycles. The van der Waals surface area contributed by atoms with Crippen molar-refractivity contribution in [2.45, 2.75) is 23.3 Å². The normalized spacial score (nSPS) is 20.8. The molecule has 2 unspecified atom stereocenters. The molecule has 0 nitrogen and oxygen atoms in total. The fourth-order valence-electron chi connectivity index (χ4n) is 10.4. The van der Waals surface area contributed by atoms with E-state index in [2.05, 4.69) is 204 Å². The molecule has 0 spiro atoms. The summed E-state index contributed by atoms with van der Waals surface area (Å²) in [5.41, 5.74) is 17.3. The van der Waals surface area contributed by atoms with Crippen molar-refractivity contribution in [3.63, 3.8) is 0 Å². The zero-order valence-corrected chi connectivity index (χ0v) is 35.1. The third-order valence-corrected chi connectivity index (χ3v) is 32.2. The zero-order valence-electron chi connectivity index (χ0n) is 30.6. The van der Waals surface area contributed by atoms with Crippen molar-refractivity contribution in [3.8, 4) is 22.3 Å². The van der Waals surface area contributed by atoms with Crippen LogP contribution in [0.2, 0.25) is 15.9 Å². The van der Waals surface area contributed by atoms with Crippen molar-refractivity contribution in [1.82, 2.24) is 0 Å². The third-order valence-electron chi connectivity index (χ3n) is 12.6. The Bertz CT molecular complexity index is 2400. The van der Waals surface area contributed by atoms with E-state index in [0.717, 1.165) is 0 Å². The molecule has 7 aromatic carbocycles. The molecular weight excluding hydrogens is 819 g/mol. The Morgan fingerprint density at radius 3 is 1.09 bits per heavy atom. The summed E-state index contributed by atoms with van der Waals surface area (Å²) in [4.78, 5) is 0. The second-order valence-corrected chi connectivity index (χ2v) is 36.9. The maximum atomic E-state index is 2.78. The van der Waals surface area contributed by atoms with Gasteiger partial charge >= 0.3 is 322 Å². The van der Waals surface area contributed by atoms with Crippen molar-refractivity contribution >= 4 is 34.8 Å². The van der Waals surface area contributed by atoms with Gasteiger partial charge in [-0.2, -0.15) is 0 Å². The van der Waals surface area contributed by atoms with Crippen molar-refractivity contribution in [1.29, 1.82) is 0 Å². The van der Waals surface area contributed by atoms with Crippen molar-refractivity contribution < 1.29 is 20.0 Å². The van der Waals surface area contributed by atoms with Crippen molar-refractivity contribution in [2.24, 2.45) is 0 Å². The SMILES string of the molecule is C[Si]1(c2ccccc2)C2=C(c3ccc(-c4ccccc4)cc3)[CH](c3ccccc32)[Hf]([CH3])([CH3])[CH]2C(c3ccc(-c4ccccc4)cc3)=C1c1ccccc12. The number of fused-ring (bicyclic) bond motifs is 8. The van der Waals surface area contributed by atoms with Crippen molar-refractivity contribution in [3.05, 3.63) is 221 Å². The maximum absolute atomic E-state index is 3.52. The molecule has 0 radical (unpaired) electrons. The Hall–Kier alpha value is -4.89. The van der Waals surface area contributed by atoms with Gasteiger partial charge in [-0.25, -0.2) is 0 Å². The average molecular weight is 861 g/mol. The van der Waals surface area contributed by atoms with Gasteiger partial charge in [0, 0.05) is 0 Å². The average Bonchev–Trinajstić information content (AvgIpc) is 3.78. The van der Waals surface area contributed by atoms with E-state index in [1.165, 1.54) is 49.7 Å². The molecule has 0 amide bonds. The Labute approximate surface area is 319 Å². The van der Waals surface area contributed by atoms with Crippen LogP contribution in [0.15, 0.2) is 188 Å². The van der Waals surface area contributed by atoms with Gasteiger partial charge in [0.05, 0.1) is 0 Å². The van der Waals surface area contributed by atoms with E-state index < -0.39 is 28.0 Å². The molecule has 1 heterocycles. The Kier molecular flexibility index (Phi) is 7.79. The molecule has 0 saturated carbocycles. The molecule has 254 valence electrons. The van der Waals surface area contributed by atoms with Crippen LogP contribution in [-0.2, 0) is 20.0 Å². The molecule has 53 heavy (non-hydrogen) atoms. The Morgan fingerprint density at radius 2 is 0.679 bits per heavy atom. The molecule has 0 fully saturated rings. The minimum absolute atomic E-state index is 0.433. The van der Waals surface area contributed by atoms with Gasteiger partial charge in [0.25, 0.3) is 0 Å². The van der Waals surface area contributed by atoms with Crippen LogP contribution in [-0.4, -0.2) is 8.07 Å². The topological polar surface area (TPSA) is 0 Å². The van der Waals surface area contributed by atoms with E-state index in [1.54, 1.807) is 32.7 Å². The minimum atomic E-state index is -3.52. The van der Waals surface area contributed by atoms with Crippen LogP contribution in [0.1, 0.15) is 40.7 Å². The first-order chi connectivity index (χ1) is 26.0. The summed E-state index contributed by atoms with van der Waals surface area (Å²) in [5.74, 6) is 0. The summed E-state index contributed by atoms with van der Waals surface area (Å²) < 4.78 is 6.43. The van der Waals surface area contributed by atoms with Crippen LogP contribution in [0.4, 0.5) is 0 Å². The predicted molar refractivity (Wildman–Crippen MR) is 225 cm³/mol. The molecule has 1 aliphatic heterocycles. The van der Waals surface area contributed by atoms with Crippen LogP contribution in [0.5, 0.6) is 0 Å². The van der Waals surface area contributed by atoms with Gasteiger partial charge in [-0.15, -0.1) is 0 Å². The van der Waals surface area contributed by atoms with Crippen LogP contribution < -0.4 is 5.19 Å². The summed E-state index contributed by atoms with van der Waals surface area (Å²) >= 11 is -3.52. The van der Waals surface area contributed by atoms with E-state index in [0.29, 0.717) is 7.35 Å². The summed E-state index contributed by atoms with van der Waals surface area (Å²) in [6.07, 6.45) is 0. The summed E-state index contributed by atoms with van der Waals surface area (Å²) in [5, 5.41) is 4.76. The first-order valence-electron chi connectivity index (χ1n) is 19.0. The van der Waals surface area contributed by atoms with Gasteiger partial charge in [-0.3, -0.25) is 0 Å².